The highest BCUT2D eigenvalue weighted by atomic mass is 16.5. The van der Waals surface area contributed by atoms with Gasteiger partial charge in [-0.25, -0.2) is 0 Å². The Kier molecular flexibility index (Phi) is 5.96. The third kappa shape index (κ3) is 4.99. The summed E-state index contributed by atoms with van der Waals surface area (Å²) in [5, 5.41) is 3.54. The Morgan fingerprint density at radius 3 is 2.53 bits per heavy atom. The van der Waals surface area contributed by atoms with E-state index in [1.54, 1.807) is 7.11 Å². The molecule has 0 aliphatic carbocycles. The molecule has 1 unspecified atom stereocenters. The number of likely N-dealkylation sites (N-methyl/N-ethyl adjacent to an activating group) is 1. The van der Waals surface area contributed by atoms with Crippen molar-refractivity contribution in [2.24, 2.45) is 5.92 Å². The minimum absolute atomic E-state index is 0.379. The summed E-state index contributed by atoms with van der Waals surface area (Å²) in [5.74, 6) is 1.36. The van der Waals surface area contributed by atoms with Gasteiger partial charge in [0.2, 0.25) is 0 Å². The lowest BCUT2D eigenvalue weighted by molar-refractivity contribution is 0.356. The number of rotatable bonds is 7. The summed E-state index contributed by atoms with van der Waals surface area (Å²) < 4.78 is 5.25. The van der Waals surface area contributed by atoms with E-state index in [-0.39, 0.29) is 0 Å². The summed E-state index contributed by atoms with van der Waals surface area (Å²) in [4.78, 5) is 2.19. The number of methoxy groups -OCH3 is 1. The van der Waals surface area contributed by atoms with E-state index in [2.05, 4.69) is 38.2 Å². The fourth-order valence-corrected chi connectivity index (χ4v) is 2.26. The molecule has 4 nitrogen and oxygen atoms in total. The molecule has 0 spiro atoms. The summed E-state index contributed by atoms with van der Waals surface area (Å²) in [7, 11) is 5.81. The molecule has 0 saturated carbocycles. The largest absolute Gasteiger partial charge is 0.495 e. The summed E-state index contributed by atoms with van der Waals surface area (Å²) in [5.41, 5.74) is 7.73. The number of anilines is 2. The van der Waals surface area contributed by atoms with Crippen molar-refractivity contribution in [3.8, 4) is 5.75 Å². The van der Waals surface area contributed by atoms with Crippen molar-refractivity contribution >= 4 is 11.4 Å². The molecule has 1 rings (SSSR count). The maximum Gasteiger partial charge on any atom is 0.143 e. The topological polar surface area (TPSA) is 50.5 Å². The number of ether oxygens (including phenoxy) is 1. The molecule has 1 aromatic carbocycles. The van der Waals surface area contributed by atoms with Gasteiger partial charge in [-0.05, 0) is 38.6 Å². The molecule has 0 aromatic heterocycles. The number of nitrogens with zero attached hydrogens (tertiary/aromatic N) is 1. The van der Waals surface area contributed by atoms with Crippen LogP contribution in [0.2, 0.25) is 0 Å². The van der Waals surface area contributed by atoms with Crippen LogP contribution in [0.1, 0.15) is 20.3 Å². The zero-order chi connectivity index (χ0) is 14.4. The molecule has 0 saturated heterocycles. The van der Waals surface area contributed by atoms with Gasteiger partial charge in [0.15, 0.2) is 0 Å². The molecular formula is C15H27N3O. The molecule has 4 heteroatoms. The first-order valence-corrected chi connectivity index (χ1v) is 6.77. The van der Waals surface area contributed by atoms with Gasteiger partial charge < -0.3 is 20.7 Å². The molecular weight excluding hydrogens is 238 g/mol. The number of para-hydroxylation sites is 1. The second kappa shape index (κ2) is 7.24. The Hall–Kier alpha value is -1.42. The summed E-state index contributed by atoms with van der Waals surface area (Å²) in [6.45, 7) is 5.45. The summed E-state index contributed by atoms with van der Waals surface area (Å²) in [6, 6.07) is 6.22. The van der Waals surface area contributed by atoms with Crippen molar-refractivity contribution in [3.05, 3.63) is 18.2 Å². The fraction of sp³-hybridized carbons (Fsp3) is 0.600. The first kappa shape index (κ1) is 15.6. The van der Waals surface area contributed by atoms with Crippen LogP contribution in [-0.2, 0) is 0 Å². The van der Waals surface area contributed by atoms with E-state index in [4.69, 9.17) is 10.5 Å². The van der Waals surface area contributed by atoms with E-state index in [1.807, 2.05) is 18.2 Å². The van der Waals surface area contributed by atoms with Gasteiger partial charge in [0.05, 0.1) is 18.5 Å². The Morgan fingerprint density at radius 2 is 2.00 bits per heavy atom. The maximum atomic E-state index is 6.10. The minimum atomic E-state index is 0.379. The Labute approximate surface area is 116 Å². The standard InChI is InChI=1S/C15H27N3O/c1-11(2)9-12(10-18(3)4)17-13-7-6-8-14(19-5)15(13)16/h6-8,11-12,17H,9-10,16H2,1-5H3. The highest BCUT2D eigenvalue weighted by Gasteiger charge is 2.14. The maximum absolute atomic E-state index is 6.10. The zero-order valence-corrected chi connectivity index (χ0v) is 12.7. The van der Waals surface area contributed by atoms with Crippen LogP contribution in [0.25, 0.3) is 0 Å². The third-order valence-corrected chi connectivity index (χ3v) is 2.99. The molecule has 0 bridgehead atoms. The van der Waals surface area contributed by atoms with Crippen molar-refractivity contribution in [3.63, 3.8) is 0 Å². The van der Waals surface area contributed by atoms with Crippen LogP contribution in [0.15, 0.2) is 18.2 Å². The average molecular weight is 265 g/mol. The summed E-state index contributed by atoms with van der Waals surface area (Å²) >= 11 is 0. The molecule has 0 fully saturated rings. The molecule has 0 amide bonds. The van der Waals surface area contributed by atoms with E-state index in [0.29, 0.717) is 17.6 Å². The second-order valence-electron chi connectivity index (χ2n) is 5.65. The third-order valence-electron chi connectivity index (χ3n) is 2.99. The molecule has 3 N–H and O–H groups in total. The van der Waals surface area contributed by atoms with Gasteiger partial charge in [-0.2, -0.15) is 0 Å². The van der Waals surface area contributed by atoms with Gasteiger partial charge >= 0.3 is 0 Å². The van der Waals surface area contributed by atoms with Gasteiger partial charge in [-0.1, -0.05) is 19.9 Å². The van der Waals surface area contributed by atoms with Gasteiger partial charge in [-0.3, -0.25) is 0 Å². The second-order valence-corrected chi connectivity index (χ2v) is 5.65. The smallest absolute Gasteiger partial charge is 0.143 e. The highest BCUT2D eigenvalue weighted by Crippen LogP contribution is 2.30. The SMILES string of the molecule is COc1cccc(NC(CC(C)C)CN(C)C)c1N. The van der Waals surface area contributed by atoms with Crippen molar-refractivity contribution < 1.29 is 4.74 Å². The fourth-order valence-electron chi connectivity index (χ4n) is 2.26. The van der Waals surface area contributed by atoms with Crippen LogP contribution in [0.4, 0.5) is 11.4 Å². The van der Waals surface area contributed by atoms with E-state index in [1.165, 1.54) is 0 Å². The molecule has 0 aliphatic rings. The van der Waals surface area contributed by atoms with Crippen LogP contribution < -0.4 is 15.8 Å². The molecule has 0 heterocycles. The number of hydrogen-bond acceptors (Lipinski definition) is 4. The van der Waals surface area contributed by atoms with Crippen molar-refractivity contribution in [2.45, 2.75) is 26.3 Å². The zero-order valence-electron chi connectivity index (χ0n) is 12.7. The molecule has 108 valence electrons. The van der Waals surface area contributed by atoms with E-state index in [9.17, 15) is 0 Å². The normalized spacial score (nSPS) is 12.8. The molecule has 1 aromatic rings. The number of benzene rings is 1. The van der Waals surface area contributed by atoms with Crippen molar-refractivity contribution in [1.29, 1.82) is 0 Å². The molecule has 0 radical (unpaired) electrons. The minimum Gasteiger partial charge on any atom is -0.495 e. The average Bonchev–Trinajstić information content (AvgIpc) is 2.30. The first-order chi connectivity index (χ1) is 8.93. The van der Waals surface area contributed by atoms with Gasteiger partial charge in [0, 0.05) is 12.6 Å². The van der Waals surface area contributed by atoms with Crippen LogP contribution in [-0.4, -0.2) is 38.7 Å². The highest BCUT2D eigenvalue weighted by molar-refractivity contribution is 5.73. The lowest BCUT2D eigenvalue weighted by Gasteiger charge is -2.26. The predicted molar refractivity (Wildman–Crippen MR) is 82.8 cm³/mol. The van der Waals surface area contributed by atoms with Crippen LogP contribution in [0, 0.1) is 5.92 Å². The van der Waals surface area contributed by atoms with Crippen molar-refractivity contribution in [1.82, 2.24) is 4.90 Å². The first-order valence-electron chi connectivity index (χ1n) is 6.77. The number of nitrogens with one attached hydrogen (secondary N) is 1. The Morgan fingerprint density at radius 1 is 1.32 bits per heavy atom. The van der Waals surface area contributed by atoms with E-state index in [0.717, 1.165) is 24.4 Å². The van der Waals surface area contributed by atoms with E-state index < -0.39 is 0 Å². The van der Waals surface area contributed by atoms with Crippen molar-refractivity contribution in [2.75, 3.05) is 38.8 Å². The van der Waals surface area contributed by atoms with Gasteiger partial charge in [0.1, 0.15) is 5.75 Å². The lowest BCUT2D eigenvalue weighted by atomic mass is 10.0. The number of nitrogens with two attached hydrogens (primary N) is 1. The Bertz CT molecular complexity index is 381. The monoisotopic (exact) mass is 265 g/mol. The Balaban J connectivity index is 2.83. The quantitative estimate of drug-likeness (QED) is 0.744. The van der Waals surface area contributed by atoms with Crippen LogP contribution >= 0.6 is 0 Å². The van der Waals surface area contributed by atoms with Gasteiger partial charge in [0.25, 0.3) is 0 Å². The lowest BCUT2D eigenvalue weighted by Crippen LogP contribution is -2.33. The van der Waals surface area contributed by atoms with E-state index >= 15 is 0 Å². The number of hydrogen-bond donors (Lipinski definition) is 2. The predicted octanol–water partition coefficient (Wildman–Crippen LogP) is 2.67. The molecule has 19 heavy (non-hydrogen) atoms. The summed E-state index contributed by atoms with van der Waals surface area (Å²) in [6.07, 6.45) is 1.11. The number of nitrogen functional groups attached to an aromatic ring is 1. The molecule has 1 atom stereocenters. The van der Waals surface area contributed by atoms with Crippen LogP contribution in [0.3, 0.4) is 0 Å². The molecule has 0 aliphatic heterocycles. The van der Waals surface area contributed by atoms with Gasteiger partial charge in [-0.15, -0.1) is 0 Å². The van der Waals surface area contributed by atoms with Crippen LogP contribution in [0.5, 0.6) is 5.75 Å².